The molecule has 3 aromatic rings. The van der Waals surface area contributed by atoms with E-state index in [0.29, 0.717) is 5.69 Å². The molecule has 0 aliphatic heterocycles. The first-order valence-electron chi connectivity index (χ1n) is 8.46. The summed E-state index contributed by atoms with van der Waals surface area (Å²) in [6.45, 7) is 0.320. The van der Waals surface area contributed by atoms with Gasteiger partial charge < -0.3 is 14.8 Å². The van der Waals surface area contributed by atoms with Crippen molar-refractivity contribution in [2.24, 2.45) is 7.05 Å². The zero-order valence-electron chi connectivity index (χ0n) is 15.6. The van der Waals surface area contributed by atoms with Gasteiger partial charge in [0.05, 0.1) is 24.1 Å². The Hall–Kier alpha value is -3.40. The minimum atomic E-state index is -1.08. The molecule has 1 aromatic carbocycles. The normalized spacial score (nSPS) is 10.8. The summed E-state index contributed by atoms with van der Waals surface area (Å²) in [6.07, 6.45) is 2.95. The molecule has 3 rings (SSSR count). The second-order valence-corrected chi connectivity index (χ2v) is 5.99. The Kier molecular flexibility index (Phi) is 6.13. The summed E-state index contributed by atoms with van der Waals surface area (Å²) >= 11 is 0. The maximum Gasteiger partial charge on any atom is 0.274 e. The standard InChI is InChI=1S/C19H17F3N4O3/c1-26-10-11(9-23-26)24-19(27)16-4-3-13(20)18(25-16)17-14(21)7-12(8-15(17)22)29-6-5-28-2/h3-4,7-10H,5-6H2,1-2H3,(H,24,27). The van der Waals surface area contributed by atoms with Crippen molar-refractivity contribution in [2.45, 2.75) is 0 Å². The molecule has 0 unspecified atom stereocenters. The summed E-state index contributed by atoms with van der Waals surface area (Å²) in [5, 5.41) is 6.42. The molecule has 0 aliphatic carbocycles. The van der Waals surface area contributed by atoms with Gasteiger partial charge in [0.2, 0.25) is 0 Å². The zero-order chi connectivity index (χ0) is 21.0. The van der Waals surface area contributed by atoms with E-state index in [1.807, 2.05) is 0 Å². The highest BCUT2D eigenvalue weighted by atomic mass is 19.1. The molecule has 0 saturated heterocycles. The molecule has 152 valence electrons. The highest BCUT2D eigenvalue weighted by Crippen LogP contribution is 2.30. The summed E-state index contributed by atoms with van der Waals surface area (Å²) in [5.74, 6) is -3.89. The molecule has 7 nitrogen and oxygen atoms in total. The van der Waals surface area contributed by atoms with E-state index in [4.69, 9.17) is 9.47 Å². The van der Waals surface area contributed by atoms with Crippen molar-refractivity contribution in [3.8, 4) is 17.0 Å². The predicted molar refractivity (Wildman–Crippen MR) is 98.1 cm³/mol. The maximum absolute atomic E-state index is 14.5. The monoisotopic (exact) mass is 406 g/mol. The topological polar surface area (TPSA) is 78.3 Å². The largest absolute Gasteiger partial charge is 0.491 e. The molecule has 0 bridgehead atoms. The Morgan fingerprint density at radius 3 is 2.48 bits per heavy atom. The van der Waals surface area contributed by atoms with Crippen LogP contribution in [0, 0.1) is 17.5 Å². The summed E-state index contributed by atoms with van der Waals surface area (Å²) < 4.78 is 54.7. The lowest BCUT2D eigenvalue weighted by Crippen LogP contribution is -2.14. The Bertz CT molecular complexity index is 1020. The van der Waals surface area contributed by atoms with Crippen LogP contribution in [0.2, 0.25) is 0 Å². The molecule has 0 aliphatic rings. The Morgan fingerprint density at radius 1 is 1.14 bits per heavy atom. The van der Waals surface area contributed by atoms with Crippen LogP contribution >= 0.6 is 0 Å². The second kappa shape index (κ2) is 8.74. The number of carbonyl (C=O) groups excluding carboxylic acids is 1. The number of anilines is 1. The van der Waals surface area contributed by atoms with E-state index in [-0.39, 0.29) is 24.7 Å². The molecule has 1 amide bonds. The Labute approximate surface area is 164 Å². The predicted octanol–water partition coefficient (Wildman–Crippen LogP) is 3.18. The number of pyridine rings is 1. The highest BCUT2D eigenvalue weighted by Gasteiger charge is 2.21. The van der Waals surface area contributed by atoms with Gasteiger partial charge in [0.15, 0.2) is 0 Å². The van der Waals surface area contributed by atoms with E-state index in [9.17, 15) is 18.0 Å². The smallest absolute Gasteiger partial charge is 0.274 e. The maximum atomic E-state index is 14.5. The van der Waals surface area contributed by atoms with Crippen molar-refractivity contribution >= 4 is 11.6 Å². The van der Waals surface area contributed by atoms with Crippen molar-refractivity contribution in [3.63, 3.8) is 0 Å². The third-order valence-corrected chi connectivity index (χ3v) is 3.85. The third kappa shape index (κ3) is 4.72. The highest BCUT2D eigenvalue weighted by molar-refractivity contribution is 6.03. The van der Waals surface area contributed by atoms with Crippen LogP contribution < -0.4 is 10.1 Å². The second-order valence-electron chi connectivity index (χ2n) is 5.99. The molecule has 2 aromatic heterocycles. The quantitative estimate of drug-likeness (QED) is 0.610. The fourth-order valence-electron chi connectivity index (χ4n) is 2.53. The van der Waals surface area contributed by atoms with Crippen molar-refractivity contribution in [3.05, 3.63) is 59.8 Å². The molecule has 0 saturated carbocycles. The number of amides is 1. The van der Waals surface area contributed by atoms with Gasteiger partial charge >= 0.3 is 0 Å². The van der Waals surface area contributed by atoms with Gasteiger partial charge in [-0.15, -0.1) is 0 Å². The third-order valence-electron chi connectivity index (χ3n) is 3.85. The van der Waals surface area contributed by atoms with Crippen LogP contribution in [0.4, 0.5) is 18.9 Å². The zero-order valence-corrected chi connectivity index (χ0v) is 15.6. The molecule has 1 N–H and O–H groups in total. The van der Waals surface area contributed by atoms with E-state index in [1.54, 1.807) is 13.2 Å². The van der Waals surface area contributed by atoms with Crippen LogP contribution in [0.1, 0.15) is 10.5 Å². The summed E-state index contributed by atoms with van der Waals surface area (Å²) in [4.78, 5) is 16.2. The fraction of sp³-hybridized carbons (Fsp3) is 0.211. The minimum Gasteiger partial charge on any atom is -0.491 e. The first-order chi connectivity index (χ1) is 13.9. The lowest BCUT2D eigenvalue weighted by molar-refractivity contribution is 0.102. The van der Waals surface area contributed by atoms with Gasteiger partial charge in [-0.1, -0.05) is 0 Å². The van der Waals surface area contributed by atoms with E-state index in [2.05, 4.69) is 15.4 Å². The van der Waals surface area contributed by atoms with Gasteiger partial charge in [0, 0.05) is 32.5 Å². The molecule has 0 spiro atoms. The van der Waals surface area contributed by atoms with Crippen molar-refractivity contribution in [1.82, 2.24) is 14.8 Å². The van der Waals surface area contributed by atoms with Gasteiger partial charge in [-0.25, -0.2) is 18.2 Å². The van der Waals surface area contributed by atoms with E-state index >= 15 is 0 Å². The Morgan fingerprint density at radius 2 is 1.86 bits per heavy atom. The molecule has 0 atom stereocenters. The molecule has 10 heteroatoms. The number of nitrogens with one attached hydrogen (secondary N) is 1. The van der Waals surface area contributed by atoms with Crippen LogP contribution in [0.3, 0.4) is 0 Å². The van der Waals surface area contributed by atoms with Crippen LogP contribution in [0.15, 0.2) is 36.7 Å². The van der Waals surface area contributed by atoms with Gasteiger partial charge in [-0.05, 0) is 12.1 Å². The van der Waals surface area contributed by atoms with E-state index in [1.165, 1.54) is 18.0 Å². The van der Waals surface area contributed by atoms with Crippen LogP contribution in [0.25, 0.3) is 11.3 Å². The lowest BCUT2D eigenvalue weighted by atomic mass is 10.1. The number of aromatic nitrogens is 3. The lowest BCUT2D eigenvalue weighted by Gasteiger charge is -2.11. The van der Waals surface area contributed by atoms with Gasteiger partial charge in [0.1, 0.15) is 41.2 Å². The SMILES string of the molecule is COCCOc1cc(F)c(-c2nc(C(=O)Nc3cnn(C)c3)ccc2F)c(F)c1. The number of rotatable bonds is 7. The number of carbonyl (C=O) groups is 1. The fourth-order valence-corrected chi connectivity index (χ4v) is 2.53. The number of halogens is 3. The Balaban J connectivity index is 1.90. The number of nitrogens with zero attached hydrogens (tertiary/aromatic N) is 3. The van der Waals surface area contributed by atoms with Gasteiger partial charge in [0.25, 0.3) is 5.91 Å². The molecule has 0 fully saturated rings. The van der Waals surface area contributed by atoms with Crippen LogP contribution in [-0.2, 0) is 11.8 Å². The number of benzene rings is 1. The van der Waals surface area contributed by atoms with Gasteiger partial charge in [-0.3, -0.25) is 9.48 Å². The number of ether oxygens (including phenoxy) is 2. The van der Waals surface area contributed by atoms with Crippen molar-refractivity contribution in [1.29, 1.82) is 0 Å². The number of hydrogen-bond donors (Lipinski definition) is 1. The first kappa shape index (κ1) is 20.3. The molecule has 29 heavy (non-hydrogen) atoms. The molecular formula is C19H17F3N4O3. The first-order valence-corrected chi connectivity index (χ1v) is 8.46. The van der Waals surface area contributed by atoms with E-state index < -0.39 is 34.6 Å². The van der Waals surface area contributed by atoms with Crippen LogP contribution in [0.5, 0.6) is 5.75 Å². The molecule has 0 radical (unpaired) electrons. The average molecular weight is 406 g/mol. The molecular weight excluding hydrogens is 389 g/mol. The van der Waals surface area contributed by atoms with Crippen LogP contribution in [-0.4, -0.2) is 41.0 Å². The average Bonchev–Trinajstić information content (AvgIpc) is 3.07. The summed E-state index contributed by atoms with van der Waals surface area (Å²) in [5.41, 5.74) is -1.15. The molecule has 2 heterocycles. The summed E-state index contributed by atoms with van der Waals surface area (Å²) in [7, 11) is 3.12. The van der Waals surface area contributed by atoms with Crippen molar-refractivity contribution < 1.29 is 27.4 Å². The van der Waals surface area contributed by atoms with E-state index in [0.717, 1.165) is 24.3 Å². The number of aryl methyl sites for hydroxylation is 1. The van der Waals surface area contributed by atoms with Crippen molar-refractivity contribution in [2.75, 3.05) is 25.6 Å². The summed E-state index contributed by atoms with van der Waals surface area (Å²) in [6, 6.07) is 3.86. The minimum absolute atomic E-state index is 0.0771. The van der Waals surface area contributed by atoms with Gasteiger partial charge in [-0.2, -0.15) is 5.10 Å². The number of methoxy groups -OCH3 is 1. The number of hydrogen-bond acceptors (Lipinski definition) is 5.